The first-order valence-corrected chi connectivity index (χ1v) is 11.1. The Labute approximate surface area is 197 Å². The molecule has 2 aromatic heterocycles. The number of anilines is 3. The highest BCUT2D eigenvalue weighted by molar-refractivity contribution is 6.02. The molecule has 0 aliphatic heterocycles. The molecule has 5 aromatic rings. The van der Waals surface area contributed by atoms with Gasteiger partial charge in [-0.05, 0) is 52.2 Å². The SMILES string of the molecule is CC(C)(C)c1cc(-c2ccc(NC(=O)Nc3ccc4ccccc4c3)cc2)c2c(N)[nH]nc2n1. The van der Waals surface area contributed by atoms with Crippen LogP contribution in [0.1, 0.15) is 26.5 Å². The summed E-state index contributed by atoms with van der Waals surface area (Å²) in [5, 5.41) is 15.9. The van der Waals surface area contributed by atoms with Crippen molar-refractivity contribution in [1.29, 1.82) is 0 Å². The second-order valence-corrected chi connectivity index (χ2v) is 9.36. The zero-order valence-corrected chi connectivity index (χ0v) is 19.3. The van der Waals surface area contributed by atoms with Crippen LogP contribution in [0.3, 0.4) is 0 Å². The summed E-state index contributed by atoms with van der Waals surface area (Å²) in [5.74, 6) is 0.481. The summed E-state index contributed by atoms with van der Waals surface area (Å²) in [6.07, 6.45) is 0. The zero-order chi connectivity index (χ0) is 23.9. The zero-order valence-electron chi connectivity index (χ0n) is 19.3. The Kier molecular flexibility index (Phi) is 5.17. The van der Waals surface area contributed by atoms with Crippen molar-refractivity contribution in [3.05, 3.63) is 78.5 Å². The lowest BCUT2D eigenvalue weighted by Gasteiger charge is -2.19. The fraction of sp³-hybridized carbons (Fsp3) is 0.148. The number of rotatable bonds is 3. The van der Waals surface area contributed by atoms with E-state index in [1.807, 2.05) is 66.7 Å². The van der Waals surface area contributed by atoms with E-state index in [1.54, 1.807) is 0 Å². The van der Waals surface area contributed by atoms with Crippen molar-refractivity contribution < 1.29 is 4.79 Å². The first-order valence-electron chi connectivity index (χ1n) is 11.1. The van der Waals surface area contributed by atoms with E-state index in [2.05, 4.69) is 52.7 Å². The predicted molar refractivity (Wildman–Crippen MR) is 139 cm³/mol. The summed E-state index contributed by atoms with van der Waals surface area (Å²) in [5.41, 5.74) is 10.9. The maximum absolute atomic E-state index is 12.6. The van der Waals surface area contributed by atoms with Crippen LogP contribution < -0.4 is 16.4 Å². The molecule has 0 saturated heterocycles. The summed E-state index contributed by atoms with van der Waals surface area (Å²) in [6, 6.07) is 23.3. The number of H-pyrrole nitrogens is 1. The van der Waals surface area contributed by atoms with Gasteiger partial charge in [0.15, 0.2) is 5.65 Å². The number of fused-ring (bicyclic) bond motifs is 2. The summed E-state index contributed by atoms with van der Waals surface area (Å²) < 4.78 is 0. The summed E-state index contributed by atoms with van der Waals surface area (Å²) >= 11 is 0. The van der Waals surface area contributed by atoms with E-state index in [0.29, 0.717) is 17.2 Å². The largest absolute Gasteiger partial charge is 0.383 e. The molecular weight excluding hydrogens is 424 g/mol. The highest BCUT2D eigenvalue weighted by Gasteiger charge is 2.21. The van der Waals surface area contributed by atoms with Crippen molar-refractivity contribution in [3.63, 3.8) is 0 Å². The molecule has 2 amide bonds. The lowest BCUT2D eigenvalue weighted by molar-refractivity contribution is 0.262. The second kappa shape index (κ2) is 8.19. The molecule has 5 rings (SSSR count). The molecule has 0 atom stereocenters. The maximum Gasteiger partial charge on any atom is 0.323 e. The van der Waals surface area contributed by atoms with Gasteiger partial charge in [-0.3, -0.25) is 5.10 Å². The van der Waals surface area contributed by atoms with Gasteiger partial charge in [0.1, 0.15) is 5.82 Å². The van der Waals surface area contributed by atoms with Crippen LogP contribution in [0.15, 0.2) is 72.8 Å². The standard InChI is InChI=1S/C27H26N6O/c1-27(2,3)22-15-21(23-24(28)32-33-25(23)31-22)17-9-11-19(12-10-17)29-26(34)30-20-13-8-16-6-4-5-7-18(16)14-20/h4-15H,1-3H3,(H2,29,30,34)(H3,28,31,32,33). The Bertz CT molecular complexity index is 1510. The number of nitrogens with two attached hydrogens (primary N) is 1. The number of nitrogens with one attached hydrogen (secondary N) is 3. The Balaban J connectivity index is 1.38. The van der Waals surface area contributed by atoms with E-state index in [0.717, 1.165) is 38.7 Å². The van der Waals surface area contributed by atoms with Crippen LogP contribution in [0, 0.1) is 0 Å². The molecule has 0 spiro atoms. The van der Waals surface area contributed by atoms with Crippen LogP contribution >= 0.6 is 0 Å². The van der Waals surface area contributed by atoms with Crippen molar-refractivity contribution in [2.75, 3.05) is 16.4 Å². The summed E-state index contributed by atoms with van der Waals surface area (Å²) in [6.45, 7) is 6.34. The third-order valence-corrected chi connectivity index (χ3v) is 5.78. The second-order valence-electron chi connectivity index (χ2n) is 9.36. The number of aromatic amines is 1. The molecular formula is C27H26N6O. The number of amides is 2. The number of urea groups is 1. The van der Waals surface area contributed by atoms with Crippen LogP contribution in [0.2, 0.25) is 0 Å². The highest BCUT2D eigenvalue weighted by Crippen LogP contribution is 2.35. The van der Waals surface area contributed by atoms with Gasteiger partial charge in [0.2, 0.25) is 0 Å². The number of carbonyl (C=O) groups excluding carboxylic acids is 1. The molecule has 3 aromatic carbocycles. The van der Waals surface area contributed by atoms with Gasteiger partial charge in [0, 0.05) is 22.5 Å². The molecule has 5 N–H and O–H groups in total. The van der Waals surface area contributed by atoms with Gasteiger partial charge in [0.05, 0.1) is 5.39 Å². The molecule has 0 bridgehead atoms. The minimum absolute atomic E-state index is 0.140. The average Bonchev–Trinajstić information content (AvgIpc) is 3.19. The number of nitrogen functional groups attached to an aromatic ring is 1. The topological polar surface area (TPSA) is 109 Å². The van der Waals surface area contributed by atoms with E-state index >= 15 is 0 Å². The Morgan fingerprint density at radius 1 is 0.882 bits per heavy atom. The first-order chi connectivity index (χ1) is 16.3. The Morgan fingerprint density at radius 3 is 2.29 bits per heavy atom. The van der Waals surface area contributed by atoms with Crippen LogP contribution in [0.5, 0.6) is 0 Å². The van der Waals surface area contributed by atoms with Gasteiger partial charge < -0.3 is 16.4 Å². The van der Waals surface area contributed by atoms with Crippen LogP contribution in [0.4, 0.5) is 22.0 Å². The van der Waals surface area contributed by atoms with Crippen molar-refractivity contribution in [2.45, 2.75) is 26.2 Å². The maximum atomic E-state index is 12.6. The van der Waals surface area contributed by atoms with Crippen LogP contribution in [-0.2, 0) is 5.41 Å². The van der Waals surface area contributed by atoms with Gasteiger partial charge >= 0.3 is 6.03 Å². The van der Waals surface area contributed by atoms with Crippen LogP contribution in [-0.4, -0.2) is 21.2 Å². The molecule has 7 heteroatoms. The van der Waals surface area contributed by atoms with Crippen LogP contribution in [0.25, 0.3) is 32.9 Å². The number of carbonyl (C=O) groups is 1. The fourth-order valence-electron chi connectivity index (χ4n) is 3.95. The van der Waals surface area contributed by atoms with E-state index in [1.165, 1.54) is 0 Å². The number of aromatic nitrogens is 3. The lowest BCUT2D eigenvalue weighted by atomic mass is 9.89. The molecule has 34 heavy (non-hydrogen) atoms. The van der Waals surface area contributed by atoms with E-state index in [4.69, 9.17) is 5.73 Å². The molecule has 0 unspecified atom stereocenters. The van der Waals surface area contributed by atoms with Gasteiger partial charge in [-0.2, -0.15) is 5.10 Å². The molecule has 0 aliphatic rings. The normalized spacial score (nSPS) is 11.6. The van der Waals surface area contributed by atoms with Gasteiger partial charge in [-0.1, -0.05) is 63.2 Å². The summed E-state index contributed by atoms with van der Waals surface area (Å²) in [7, 11) is 0. The van der Waals surface area contributed by atoms with Gasteiger partial charge in [-0.25, -0.2) is 9.78 Å². The number of benzene rings is 3. The van der Waals surface area contributed by atoms with Crippen molar-refractivity contribution in [3.8, 4) is 11.1 Å². The third kappa shape index (κ3) is 4.15. The predicted octanol–water partition coefficient (Wildman–Crippen LogP) is 6.30. The molecule has 0 fully saturated rings. The quantitative estimate of drug-likeness (QED) is 0.258. The van der Waals surface area contributed by atoms with E-state index < -0.39 is 0 Å². The molecule has 0 aliphatic carbocycles. The van der Waals surface area contributed by atoms with Gasteiger partial charge in [0.25, 0.3) is 0 Å². The minimum atomic E-state index is -0.302. The molecule has 7 nitrogen and oxygen atoms in total. The van der Waals surface area contributed by atoms with E-state index in [-0.39, 0.29) is 11.4 Å². The smallest absolute Gasteiger partial charge is 0.323 e. The van der Waals surface area contributed by atoms with Crippen molar-refractivity contribution in [2.24, 2.45) is 0 Å². The Hall–Kier alpha value is -4.39. The molecule has 0 radical (unpaired) electrons. The number of nitrogens with zero attached hydrogens (tertiary/aromatic N) is 2. The lowest BCUT2D eigenvalue weighted by Crippen LogP contribution is -2.19. The van der Waals surface area contributed by atoms with E-state index in [9.17, 15) is 4.79 Å². The number of pyridine rings is 1. The molecule has 170 valence electrons. The van der Waals surface area contributed by atoms with Crippen molar-refractivity contribution in [1.82, 2.24) is 15.2 Å². The average molecular weight is 451 g/mol. The van der Waals surface area contributed by atoms with Crippen molar-refractivity contribution >= 4 is 45.0 Å². The first kappa shape index (κ1) is 21.5. The molecule has 2 heterocycles. The monoisotopic (exact) mass is 450 g/mol. The Morgan fingerprint density at radius 2 is 1.56 bits per heavy atom. The number of hydrogen-bond acceptors (Lipinski definition) is 4. The highest BCUT2D eigenvalue weighted by atomic mass is 16.2. The summed E-state index contributed by atoms with van der Waals surface area (Å²) in [4.78, 5) is 17.2. The third-order valence-electron chi connectivity index (χ3n) is 5.78. The minimum Gasteiger partial charge on any atom is -0.383 e. The fourth-order valence-corrected chi connectivity index (χ4v) is 3.95. The number of hydrogen-bond donors (Lipinski definition) is 4. The molecule has 0 saturated carbocycles. The van der Waals surface area contributed by atoms with Gasteiger partial charge in [-0.15, -0.1) is 0 Å².